The zero-order chi connectivity index (χ0) is 19.5. The Bertz CT molecular complexity index is 1060. The second-order valence-electron chi connectivity index (χ2n) is 6.07. The van der Waals surface area contributed by atoms with Crippen molar-refractivity contribution in [2.24, 2.45) is 0 Å². The average Bonchev–Trinajstić information content (AvgIpc) is 2.85. The van der Waals surface area contributed by atoms with E-state index in [0.717, 1.165) is 0 Å². The molecule has 1 aliphatic carbocycles. The number of rotatable bonds is 4. The molecular formula is C23H14O5. The number of para-hydroxylation sites is 2. The Balaban J connectivity index is 1.90. The molecule has 0 saturated carbocycles. The average molecular weight is 370 g/mol. The number of carbonyl (C=O) groups excluding carboxylic acids is 2. The van der Waals surface area contributed by atoms with Crippen LogP contribution in [0.1, 0.15) is 20.7 Å². The lowest BCUT2D eigenvalue weighted by Gasteiger charge is -2.06. The van der Waals surface area contributed by atoms with E-state index in [4.69, 9.17) is 9.47 Å². The van der Waals surface area contributed by atoms with Crippen molar-refractivity contribution in [3.63, 3.8) is 0 Å². The second-order valence-corrected chi connectivity index (χ2v) is 6.07. The van der Waals surface area contributed by atoms with Crippen LogP contribution in [0.15, 0.2) is 89.7 Å². The van der Waals surface area contributed by atoms with Crippen molar-refractivity contribution in [1.82, 2.24) is 0 Å². The Kier molecular flexibility index (Phi) is 4.56. The first-order valence-corrected chi connectivity index (χ1v) is 8.57. The predicted molar refractivity (Wildman–Crippen MR) is 104 cm³/mol. The lowest BCUT2D eigenvalue weighted by molar-refractivity contribution is 0.0994. The van der Waals surface area contributed by atoms with E-state index in [1.165, 1.54) is 24.3 Å². The molecule has 4 rings (SSSR count). The van der Waals surface area contributed by atoms with Crippen LogP contribution in [0.5, 0.6) is 23.0 Å². The summed E-state index contributed by atoms with van der Waals surface area (Å²) in [6.45, 7) is 0. The molecule has 5 nitrogen and oxygen atoms in total. The molecule has 1 aliphatic rings. The van der Waals surface area contributed by atoms with Crippen molar-refractivity contribution in [2.75, 3.05) is 0 Å². The summed E-state index contributed by atoms with van der Waals surface area (Å²) in [5, 5.41) is 0. The van der Waals surface area contributed by atoms with Gasteiger partial charge in [0, 0.05) is 11.1 Å². The van der Waals surface area contributed by atoms with E-state index in [9.17, 15) is 14.4 Å². The summed E-state index contributed by atoms with van der Waals surface area (Å²) < 4.78 is 11.4. The van der Waals surface area contributed by atoms with Gasteiger partial charge in [-0.25, -0.2) is 0 Å². The zero-order valence-corrected chi connectivity index (χ0v) is 14.6. The summed E-state index contributed by atoms with van der Waals surface area (Å²) >= 11 is 0. The topological polar surface area (TPSA) is 69.7 Å². The molecule has 136 valence electrons. The van der Waals surface area contributed by atoms with E-state index >= 15 is 0 Å². The van der Waals surface area contributed by atoms with E-state index in [1.54, 1.807) is 48.5 Å². The molecule has 0 N–H and O–H groups in total. The van der Waals surface area contributed by atoms with Crippen molar-refractivity contribution in [1.29, 1.82) is 0 Å². The molecule has 0 heterocycles. The predicted octanol–water partition coefficient (Wildman–Crippen LogP) is 4.57. The normalized spacial score (nSPS) is 12.4. The molecule has 0 spiro atoms. The number of hydrogen-bond acceptors (Lipinski definition) is 5. The van der Waals surface area contributed by atoms with Gasteiger partial charge in [-0.3, -0.25) is 14.4 Å². The zero-order valence-electron chi connectivity index (χ0n) is 14.6. The van der Waals surface area contributed by atoms with Gasteiger partial charge in [-0.1, -0.05) is 36.4 Å². The minimum absolute atomic E-state index is 0.0958. The Morgan fingerprint density at radius 3 is 1.32 bits per heavy atom. The summed E-state index contributed by atoms with van der Waals surface area (Å²) in [4.78, 5) is 37.7. The molecule has 28 heavy (non-hydrogen) atoms. The molecule has 0 unspecified atom stereocenters. The Morgan fingerprint density at radius 1 is 0.536 bits per heavy atom. The molecule has 0 saturated heterocycles. The number of carbonyl (C=O) groups is 2. The van der Waals surface area contributed by atoms with Gasteiger partial charge in [0.15, 0.2) is 23.1 Å². The Morgan fingerprint density at radius 2 is 0.929 bits per heavy atom. The Labute approximate surface area is 160 Å². The standard InChI is InChI=1S/C23H14O5/c24-19-11-12-20(25)18-14-22(28-16-9-5-2-6-10-16)23(26)21(13-17(18)19)27-15-7-3-1-4-8-15/h1-14H. The maximum absolute atomic E-state index is 13.1. The maximum Gasteiger partial charge on any atom is 0.263 e. The van der Waals surface area contributed by atoms with Gasteiger partial charge >= 0.3 is 0 Å². The minimum Gasteiger partial charge on any atom is -0.453 e. The maximum atomic E-state index is 13.1. The molecule has 0 bridgehead atoms. The van der Waals surface area contributed by atoms with Gasteiger partial charge in [-0.05, 0) is 48.6 Å². The van der Waals surface area contributed by atoms with Crippen molar-refractivity contribution in [2.45, 2.75) is 0 Å². The first-order valence-electron chi connectivity index (χ1n) is 8.57. The third kappa shape index (κ3) is 3.46. The molecule has 0 aliphatic heterocycles. The molecule has 5 heteroatoms. The third-order valence-electron chi connectivity index (χ3n) is 4.15. The highest BCUT2D eigenvalue weighted by Crippen LogP contribution is 2.27. The van der Waals surface area contributed by atoms with E-state index < -0.39 is 5.43 Å². The third-order valence-corrected chi connectivity index (χ3v) is 4.15. The fourth-order valence-electron chi connectivity index (χ4n) is 2.79. The van der Waals surface area contributed by atoms with Crippen LogP contribution < -0.4 is 14.9 Å². The molecule has 0 aromatic heterocycles. The van der Waals surface area contributed by atoms with Crippen molar-refractivity contribution in [3.8, 4) is 23.0 Å². The largest absolute Gasteiger partial charge is 0.453 e. The molecule has 0 fully saturated rings. The highest BCUT2D eigenvalue weighted by atomic mass is 16.5. The number of hydrogen-bond donors (Lipinski definition) is 0. The monoisotopic (exact) mass is 370 g/mol. The van der Waals surface area contributed by atoms with Gasteiger partial charge in [0.05, 0.1) is 0 Å². The highest BCUT2D eigenvalue weighted by Gasteiger charge is 2.23. The van der Waals surface area contributed by atoms with Gasteiger partial charge in [0.2, 0.25) is 0 Å². The molecule has 3 aromatic carbocycles. The van der Waals surface area contributed by atoms with Crippen LogP contribution in [-0.2, 0) is 0 Å². The van der Waals surface area contributed by atoms with Gasteiger partial charge in [-0.2, -0.15) is 0 Å². The molecular weight excluding hydrogens is 356 g/mol. The van der Waals surface area contributed by atoms with Gasteiger partial charge in [0.25, 0.3) is 5.43 Å². The fourth-order valence-corrected chi connectivity index (χ4v) is 2.79. The molecule has 0 amide bonds. The van der Waals surface area contributed by atoms with Gasteiger partial charge in [-0.15, -0.1) is 0 Å². The van der Waals surface area contributed by atoms with E-state index in [1.807, 2.05) is 12.1 Å². The molecule has 3 aromatic rings. The van der Waals surface area contributed by atoms with Crippen molar-refractivity contribution in [3.05, 3.63) is 106 Å². The number of fused-ring (bicyclic) bond motifs is 1. The number of ketones is 2. The van der Waals surface area contributed by atoms with Crippen molar-refractivity contribution >= 4 is 11.6 Å². The van der Waals surface area contributed by atoms with Crippen LogP contribution in [0, 0.1) is 0 Å². The summed E-state index contributed by atoms with van der Waals surface area (Å²) in [6, 6.07) is 20.0. The van der Waals surface area contributed by atoms with Gasteiger partial charge in [0.1, 0.15) is 11.5 Å². The van der Waals surface area contributed by atoms with Crippen LogP contribution in [-0.4, -0.2) is 11.6 Å². The Hall–Kier alpha value is -3.99. The van der Waals surface area contributed by atoms with Gasteiger partial charge < -0.3 is 9.47 Å². The van der Waals surface area contributed by atoms with E-state index in [0.29, 0.717) is 11.5 Å². The second kappa shape index (κ2) is 7.32. The van der Waals surface area contributed by atoms with Crippen LogP contribution in [0.25, 0.3) is 0 Å². The minimum atomic E-state index is -0.567. The van der Waals surface area contributed by atoms with Crippen molar-refractivity contribution < 1.29 is 19.1 Å². The summed E-state index contributed by atoms with van der Waals surface area (Å²) in [7, 11) is 0. The summed E-state index contributed by atoms with van der Waals surface area (Å²) in [6.07, 6.45) is 2.36. The van der Waals surface area contributed by atoms with Crippen LogP contribution in [0.2, 0.25) is 0 Å². The number of ether oxygens (including phenoxy) is 2. The quantitative estimate of drug-likeness (QED) is 0.673. The first-order chi connectivity index (χ1) is 13.6. The lowest BCUT2D eigenvalue weighted by atomic mass is 9.97. The number of benzene rings is 2. The van der Waals surface area contributed by atoms with E-state index in [-0.39, 0.29) is 34.2 Å². The van der Waals surface area contributed by atoms with Crippen LogP contribution in [0.4, 0.5) is 0 Å². The van der Waals surface area contributed by atoms with Crippen LogP contribution >= 0.6 is 0 Å². The smallest absolute Gasteiger partial charge is 0.263 e. The highest BCUT2D eigenvalue weighted by molar-refractivity contribution is 6.22. The lowest BCUT2D eigenvalue weighted by Crippen LogP contribution is -2.09. The molecule has 0 atom stereocenters. The first kappa shape index (κ1) is 17.4. The van der Waals surface area contributed by atoms with E-state index in [2.05, 4.69) is 0 Å². The number of allylic oxidation sites excluding steroid dienone is 2. The summed E-state index contributed by atoms with van der Waals surface area (Å²) in [5.74, 6) is -0.113. The van der Waals surface area contributed by atoms with Crippen LogP contribution in [0.3, 0.4) is 0 Å². The summed E-state index contributed by atoms with van der Waals surface area (Å²) in [5.41, 5.74) is -0.375. The molecule has 0 radical (unpaired) electrons. The SMILES string of the molecule is O=C1C=CC(=O)c2cc(Oc3ccccc3)c(=O)c(Oc3ccccc3)cc21. The fraction of sp³-hybridized carbons (Fsp3) is 0.